The van der Waals surface area contributed by atoms with E-state index < -0.39 is 17.8 Å². The van der Waals surface area contributed by atoms with Gasteiger partial charge < -0.3 is 15.2 Å². The Morgan fingerprint density at radius 2 is 2.00 bits per heavy atom. The van der Waals surface area contributed by atoms with Crippen molar-refractivity contribution in [2.45, 2.75) is 25.8 Å². The Labute approximate surface area is 129 Å². The summed E-state index contributed by atoms with van der Waals surface area (Å²) >= 11 is 0. The van der Waals surface area contributed by atoms with Gasteiger partial charge in [0.15, 0.2) is 0 Å². The molecule has 0 unspecified atom stereocenters. The minimum absolute atomic E-state index is 0.187. The van der Waals surface area contributed by atoms with Crippen LogP contribution in [0.1, 0.15) is 24.0 Å². The molecule has 1 aromatic carbocycles. The first-order valence-electron chi connectivity index (χ1n) is 7.55. The van der Waals surface area contributed by atoms with Crippen molar-refractivity contribution < 1.29 is 19.4 Å². The standard InChI is InChI=1S/C17H19NO4/c19-16(13-3-1-2-4-14(13)17(20)21)18-10-11-5-6-15-12(9-11)7-8-22-15/h1-2,5-6,9,13-14H,3-4,7-8,10H2,(H,18,19)(H,20,21)/t13-,14-/m0/s1. The molecule has 0 saturated carbocycles. The Bertz CT molecular complexity index is 623. The molecule has 2 atom stereocenters. The van der Waals surface area contributed by atoms with Crippen molar-refractivity contribution in [1.82, 2.24) is 5.32 Å². The molecule has 3 rings (SSSR count). The van der Waals surface area contributed by atoms with E-state index in [-0.39, 0.29) is 5.91 Å². The molecule has 2 aliphatic rings. The first kappa shape index (κ1) is 14.6. The summed E-state index contributed by atoms with van der Waals surface area (Å²) in [5.74, 6) is -1.29. The number of carboxylic acids is 1. The lowest BCUT2D eigenvalue weighted by Crippen LogP contribution is -2.38. The second-order valence-corrected chi connectivity index (χ2v) is 5.75. The molecular weight excluding hydrogens is 282 g/mol. The normalized spacial score (nSPS) is 22.7. The molecule has 0 aromatic heterocycles. The van der Waals surface area contributed by atoms with Gasteiger partial charge in [-0.15, -0.1) is 0 Å². The number of allylic oxidation sites excluding steroid dienone is 2. The van der Waals surface area contributed by atoms with Crippen molar-refractivity contribution in [3.05, 3.63) is 41.5 Å². The van der Waals surface area contributed by atoms with Crippen molar-refractivity contribution in [3.63, 3.8) is 0 Å². The Balaban J connectivity index is 1.62. The molecule has 1 aromatic rings. The van der Waals surface area contributed by atoms with Gasteiger partial charge in [-0.1, -0.05) is 24.3 Å². The van der Waals surface area contributed by atoms with Crippen molar-refractivity contribution in [3.8, 4) is 5.75 Å². The summed E-state index contributed by atoms with van der Waals surface area (Å²) < 4.78 is 5.45. The number of carbonyl (C=O) groups excluding carboxylic acids is 1. The van der Waals surface area contributed by atoms with Gasteiger partial charge in [-0.05, 0) is 30.0 Å². The Morgan fingerprint density at radius 1 is 1.23 bits per heavy atom. The molecule has 0 bridgehead atoms. The van der Waals surface area contributed by atoms with Crippen LogP contribution in [-0.4, -0.2) is 23.6 Å². The number of rotatable bonds is 4. The van der Waals surface area contributed by atoms with E-state index in [0.717, 1.165) is 23.3 Å². The minimum atomic E-state index is -0.904. The molecule has 0 radical (unpaired) electrons. The highest BCUT2D eigenvalue weighted by Crippen LogP contribution is 2.27. The summed E-state index contributed by atoms with van der Waals surface area (Å²) in [6.45, 7) is 1.12. The van der Waals surface area contributed by atoms with Crippen LogP contribution in [0.4, 0.5) is 0 Å². The molecule has 1 aliphatic heterocycles. The van der Waals surface area contributed by atoms with Gasteiger partial charge in [-0.2, -0.15) is 0 Å². The Morgan fingerprint density at radius 3 is 2.77 bits per heavy atom. The molecule has 2 N–H and O–H groups in total. The molecule has 1 aliphatic carbocycles. The number of aliphatic carboxylic acids is 1. The Kier molecular flexibility index (Phi) is 4.13. The van der Waals surface area contributed by atoms with Gasteiger partial charge in [0, 0.05) is 13.0 Å². The fourth-order valence-corrected chi connectivity index (χ4v) is 3.05. The Hall–Kier alpha value is -2.30. The zero-order valence-corrected chi connectivity index (χ0v) is 12.2. The van der Waals surface area contributed by atoms with Crippen LogP contribution < -0.4 is 10.1 Å². The molecule has 22 heavy (non-hydrogen) atoms. The number of carboxylic acid groups (broad SMARTS) is 1. The van der Waals surface area contributed by atoms with Crippen LogP contribution in [0.2, 0.25) is 0 Å². The maximum absolute atomic E-state index is 12.3. The van der Waals surface area contributed by atoms with E-state index >= 15 is 0 Å². The van der Waals surface area contributed by atoms with Crippen LogP contribution in [0, 0.1) is 11.8 Å². The van der Waals surface area contributed by atoms with Gasteiger partial charge in [0.1, 0.15) is 5.75 Å². The summed E-state index contributed by atoms with van der Waals surface area (Å²) in [7, 11) is 0. The number of benzene rings is 1. The molecule has 0 spiro atoms. The van der Waals surface area contributed by atoms with E-state index in [0.29, 0.717) is 26.0 Å². The summed E-state index contributed by atoms with van der Waals surface area (Å²) in [6.07, 6.45) is 5.52. The predicted molar refractivity (Wildman–Crippen MR) is 80.5 cm³/mol. The highest BCUT2D eigenvalue weighted by molar-refractivity contribution is 5.85. The second kappa shape index (κ2) is 6.22. The van der Waals surface area contributed by atoms with Gasteiger partial charge in [0.25, 0.3) is 0 Å². The molecule has 0 saturated heterocycles. The van der Waals surface area contributed by atoms with Crippen LogP contribution in [0.3, 0.4) is 0 Å². The molecule has 5 nitrogen and oxygen atoms in total. The first-order chi connectivity index (χ1) is 10.6. The summed E-state index contributed by atoms with van der Waals surface area (Å²) in [5.41, 5.74) is 2.17. The van der Waals surface area contributed by atoms with Crippen LogP contribution in [-0.2, 0) is 22.6 Å². The summed E-state index contributed by atoms with van der Waals surface area (Å²) in [4.78, 5) is 23.5. The molecule has 1 heterocycles. The largest absolute Gasteiger partial charge is 0.493 e. The van der Waals surface area contributed by atoms with Crippen LogP contribution in [0.25, 0.3) is 0 Å². The van der Waals surface area contributed by atoms with E-state index in [4.69, 9.17) is 4.74 Å². The number of hydrogen-bond donors (Lipinski definition) is 2. The second-order valence-electron chi connectivity index (χ2n) is 5.75. The number of nitrogens with one attached hydrogen (secondary N) is 1. The zero-order chi connectivity index (χ0) is 15.5. The van der Waals surface area contributed by atoms with Gasteiger partial charge in [0.05, 0.1) is 18.4 Å². The monoisotopic (exact) mass is 301 g/mol. The topological polar surface area (TPSA) is 75.6 Å². The smallest absolute Gasteiger partial charge is 0.307 e. The summed E-state index contributed by atoms with van der Waals surface area (Å²) in [5, 5.41) is 12.1. The lowest BCUT2D eigenvalue weighted by molar-refractivity contribution is -0.147. The summed E-state index contributed by atoms with van der Waals surface area (Å²) in [6, 6.07) is 5.89. The van der Waals surface area contributed by atoms with Gasteiger partial charge in [0.2, 0.25) is 5.91 Å². The first-order valence-corrected chi connectivity index (χ1v) is 7.55. The number of ether oxygens (including phenoxy) is 1. The molecule has 116 valence electrons. The molecule has 5 heteroatoms. The lowest BCUT2D eigenvalue weighted by atomic mass is 9.82. The maximum Gasteiger partial charge on any atom is 0.307 e. The third-order valence-electron chi connectivity index (χ3n) is 4.31. The quantitative estimate of drug-likeness (QED) is 0.833. The SMILES string of the molecule is O=C(O)[C@H]1CC=CC[C@@H]1C(=O)NCc1ccc2c(c1)CCO2. The highest BCUT2D eigenvalue weighted by Gasteiger charge is 2.33. The van der Waals surface area contributed by atoms with Crippen LogP contribution >= 0.6 is 0 Å². The van der Waals surface area contributed by atoms with Crippen molar-refractivity contribution in [2.75, 3.05) is 6.61 Å². The molecule has 0 fully saturated rings. The van der Waals surface area contributed by atoms with Crippen LogP contribution in [0.15, 0.2) is 30.4 Å². The van der Waals surface area contributed by atoms with E-state index in [2.05, 4.69) is 5.32 Å². The fourth-order valence-electron chi connectivity index (χ4n) is 3.05. The highest BCUT2D eigenvalue weighted by atomic mass is 16.5. The van der Waals surface area contributed by atoms with E-state index in [1.165, 1.54) is 0 Å². The van der Waals surface area contributed by atoms with Gasteiger partial charge in [-0.3, -0.25) is 9.59 Å². The minimum Gasteiger partial charge on any atom is -0.493 e. The third kappa shape index (κ3) is 2.98. The van der Waals surface area contributed by atoms with Gasteiger partial charge in [-0.25, -0.2) is 0 Å². The fraction of sp³-hybridized carbons (Fsp3) is 0.412. The third-order valence-corrected chi connectivity index (χ3v) is 4.31. The number of amides is 1. The van der Waals surface area contributed by atoms with E-state index in [1.54, 1.807) is 0 Å². The lowest BCUT2D eigenvalue weighted by Gasteiger charge is -2.24. The molecule has 1 amide bonds. The predicted octanol–water partition coefficient (Wildman–Crippen LogP) is 1.90. The average molecular weight is 301 g/mol. The molecular formula is C17H19NO4. The number of hydrogen-bond acceptors (Lipinski definition) is 3. The van der Waals surface area contributed by atoms with E-state index in [9.17, 15) is 14.7 Å². The maximum atomic E-state index is 12.3. The van der Waals surface area contributed by atoms with Crippen molar-refractivity contribution in [1.29, 1.82) is 0 Å². The van der Waals surface area contributed by atoms with E-state index in [1.807, 2.05) is 30.4 Å². The van der Waals surface area contributed by atoms with Gasteiger partial charge >= 0.3 is 5.97 Å². The average Bonchev–Trinajstić information content (AvgIpc) is 3.00. The number of fused-ring (bicyclic) bond motifs is 1. The number of carbonyl (C=O) groups is 2. The van der Waals surface area contributed by atoms with Crippen LogP contribution in [0.5, 0.6) is 5.75 Å². The van der Waals surface area contributed by atoms with Crippen molar-refractivity contribution >= 4 is 11.9 Å². The van der Waals surface area contributed by atoms with Crippen molar-refractivity contribution in [2.24, 2.45) is 11.8 Å². The zero-order valence-electron chi connectivity index (χ0n) is 12.2.